The van der Waals surface area contributed by atoms with Crippen LogP contribution >= 0.6 is 27.5 Å². The number of halogens is 2. The van der Waals surface area contributed by atoms with Crippen LogP contribution < -0.4 is 5.48 Å². The Labute approximate surface area is 83.2 Å². The number of nitrogens with one attached hydrogen (secondary N) is 1. The van der Waals surface area contributed by atoms with Gasteiger partial charge in [0.15, 0.2) is 0 Å². The van der Waals surface area contributed by atoms with Crippen LogP contribution in [0.1, 0.15) is 0 Å². The van der Waals surface area contributed by atoms with E-state index in [1.807, 2.05) is 6.07 Å². The third-order valence-electron chi connectivity index (χ3n) is 1.17. The molecule has 1 aromatic rings. The SMILES string of the molecule is ONC=Nc1ccc(Br)cc1Cl. The van der Waals surface area contributed by atoms with E-state index >= 15 is 0 Å². The van der Waals surface area contributed by atoms with E-state index in [1.165, 1.54) is 0 Å². The number of hydrogen-bond donors (Lipinski definition) is 2. The fourth-order valence-electron chi connectivity index (χ4n) is 0.684. The molecule has 0 bridgehead atoms. The van der Waals surface area contributed by atoms with Crippen molar-refractivity contribution in [3.8, 4) is 0 Å². The smallest absolute Gasteiger partial charge is 0.113 e. The van der Waals surface area contributed by atoms with Crippen molar-refractivity contribution < 1.29 is 5.21 Å². The highest BCUT2D eigenvalue weighted by atomic mass is 79.9. The fourth-order valence-corrected chi connectivity index (χ4v) is 1.41. The highest BCUT2D eigenvalue weighted by Gasteiger charge is 1.97. The normalized spacial score (nSPS) is 10.6. The van der Waals surface area contributed by atoms with Gasteiger partial charge >= 0.3 is 0 Å². The van der Waals surface area contributed by atoms with Gasteiger partial charge < -0.3 is 0 Å². The first kappa shape index (κ1) is 9.51. The van der Waals surface area contributed by atoms with Crippen LogP contribution in [0.3, 0.4) is 0 Å². The summed E-state index contributed by atoms with van der Waals surface area (Å²) in [5.41, 5.74) is 2.39. The zero-order chi connectivity index (χ0) is 8.97. The van der Waals surface area contributed by atoms with Crippen LogP contribution in [0.2, 0.25) is 5.02 Å². The van der Waals surface area contributed by atoms with E-state index in [1.54, 1.807) is 17.6 Å². The van der Waals surface area contributed by atoms with Gasteiger partial charge in [0.2, 0.25) is 0 Å². The molecule has 3 nitrogen and oxygen atoms in total. The van der Waals surface area contributed by atoms with Gasteiger partial charge in [-0.15, -0.1) is 0 Å². The first-order chi connectivity index (χ1) is 5.74. The maximum absolute atomic E-state index is 8.22. The molecule has 0 aromatic heterocycles. The summed E-state index contributed by atoms with van der Waals surface area (Å²) in [4.78, 5) is 3.83. The van der Waals surface area contributed by atoms with Crippen LogP contribution in [0.5, 0.6) is 0 Å². The minimum Gasteiger partial charge on any atom is -0.290 e. The Morgan fingerprint density at radius 1 is 1.58 bits per heavy atom. The number of aliphatic imine (C=N–C) groups is 1. The molecule has 2 N–H and O–H groups in total. The predicted octanol–water partition coefficient (Wildman–Crippen LogP) is 2.74. The summed E-state index contributed by atoms with van der Waals surface area (Å²) >= 11 is 9.08. The van der Waals surface area contributed by atoms with Crippen molar-refractivity contribution >= 4 is 39.6 Å². The molecule has 0 unspecified atom stereocenters. The van der Waals surface area contributed by atoms with E-state index in [0.29, 0.717) is 10.7 Å². The van der Waals surface area contributed by atoms with Crippen LogP contribution in [0.15, 0.2) is 27.7 Å². The molecule has 0 spiro atoms. The van der Waals surface area contributed by atoms with E-state index in [4.69, 9.17) is 16.8 Å². The van der Waals surface area contributed by atoms with Crippen molar-refractivity contribution in [2.24, 2.45) is 4.99 Å². The molecule has 0 amide bonds. The van der Waals surface area contributed by atoms with Crippen molar-refractivity contribution in [1.82, 2.24) is 5.48 Å². The predicted molar refractivity (Wildman–Crippen MR) is 52.2 cm³/mol. The number of benzene rings is 1. The van der Waals surface area contributed by atoms with Gasteiger partial charge in [0.05, 0.1) is 10.7 Å². The largest absolute Gasteiger partial charge is 0.290 e. The quantitative estimate of drug-likeness (QED) is 0.481. The molecule has 12 heavy (non-hydrogen) atoms. The van der Waals surface area contributed by atoms with Gasteiger partial charge in [-0.3, -0.25) is 10.7 Å². The third kappa shape index (κ3) is 2.48. The summed E-state index contributed by atoms with van der Waals surface area (Å²) in [5.74, 6) is 0. The summed E-state index contributed by atoms with van der Waals surface area (Å²) in [6.45, 7) is 0. The zero-order valence-electron chi connectivity index (χ0n) is 5.96. The van der Waals surface area contributed by atoms with Crippen molar-refractivity contribution in [2.45, 2.75) is 0 Å². The molecule has 0 aliphatic rings. The van der Waals surface area contributed by atoms with E-state index in [0.717, 1.165) is 10.8 Å². The second-order valence-corrected chi connectivity index (χ2v) is 3.31. The molecule has 0 saturated heterocycles. The average molecular weight is 249 g/mol. The number of hydroxylamine groups is 1. The number of hydrogen-bond acceptors (Lipinski definition) is 2. The lowest BCUT2D eigenvalue weighted by Gasteiger charge is -1.97. The molecule has 0 aliphatic heterocycles. The van der Waals surface area contributed by atoms with Gasteiger partial charge in [-0.1, -0.05) is 27.5 Å². The van der Waals surface area contributed by atoms with Crippen LogP contribution in [0.4, 0.5) is 5.69 Å². The van der Waals surface area contributed by atoms with Crippen molar-refractivity contribution in [1.29, 1.82) is 0 Å². The highest BCUT2D eigenvalue weighted by molar-refractivity contribution is 9.10. The van der Waals surface area contributed by atoms with E-state index in [2.05, 4.69) is 20.9 Å². The molecular formula is C7H6BrClN2O. The molecular weight excluding hydrogens is 243 g/mol. The number of nitrogens with zero attached hydrogens (tertiary/aromatic N) is 1. The van der Waals surface area contributed by atoms with Gasteiger partial charge in [-0.2, -0.15) is 0 Å². The maximum Gasteiger partial charge on any atom is 0.113 e. The molecule has 0 radical (unpaired) electrons. The monoisotopic (exact) mass is 248 g/mol. The molecule has 0 saturated carbocycles. The van der Waals surface area contributed by atoms with Crippen molar-refractivity contribution in [3.05, 3.63) is 27.7 Å². The Morgan fingerprint density at radius 2 is 2.33 bits per heavy atom. The van der Waals surface area contributed by atoms with Crippen molar-refractivity contribution in [3.63, 3.8) is 0 Å². The second kappa shape index (κ2) is 4.45. The molecule has 5 heteroatoms. The first-order valence-corrected chi connectivity index (χ1v) is 4.28. The Balaban J connectivity index is 2.94. The molecule has 0 heterocycles. The topological polar surface area (TPSA) is 44.6 Å². The lowest BCUT2D eigenvalue weighted by molar-refractivity contribution is 0.240. The van der Waals surface area contributed by atoms with Gasteiger partial charge in [0.1, 0.15) is 6.34 Å². The lowest BCUT2D eigenvalue weighted by Crippen LogP contribution is -2.00. The van der Waals surface area contributed by atoms with Crippen LogP contribution in [0, 0.1) is 0 Å². The summed E-state index contributed by atoms with van der Waals surface area (Å²) in [6, 6.07) is 5.28. The van der Waals surface area contributed by atoms with Crippen molar-refractivity contribution in [2.75, 3.05) is 0 Å². The Morgan fingerprint density at radius 3 is 2.92 bits per heavy atom. The molecule has 0 fully saturated rings. The minimum atomic E-state index is 0.524. The van der Waals surface area contributed by atoms with Gasteiger partial charge in [0, 0.05) is 4.47 Å². The van der Waals surface area contributed by atoms with Crippen LogP contribution in [-0.4, -0.2) is 11.5 Å². The maximum atomic E-state index is 8.22. The van der Waals surface area contributed by atoms with Gasteiger partial charge in [-0.05, 0) is 18.2 Å². The molecule has 64 valence electrons. The summed E-state index contributed by atoms with van der Waals surface area (Å²) < 4.78 is 0.892. The minimum absolute atomic E-state index is 0.524. The van der Waals surface area contributed by atoms with Gasteiger partial charge in [-0.25, -0.2) is 4.99 Å². The number of rotatable bonds is 2. The van der Waals surface area contributed by atoms with E-state index in [-0.39, 0.29) is 0 Å². The Bertz CT molecular complexity index is 303. The zero-order valence-corrected chi connectivity index (χ0v) is 8.30. The summed E-state index contributed by atoms with van der Waals surface area (Å²) in [5, 5.41) is 8.75. The summed E-state index contributed by atoms with van der Waals surface area (Å²) in [6.07, 6.45) is 1.15. The highest BCUT2D eigenvalue weighted by Crippen LogP contribution is 2.27. The van der Waals surface area contributed by atoms with Crippen LogP contribution in [-0.2, 0) is 0 Å². The molecule has 0 aliphatic carbocycles. The Kier molecular flexibility index (Phi) is 3.52. The van der Waals surface area contributed by atoms with E-state index in [9.17, 15) is 0 Å². The average Bonchev–Trinajstić information content (AvgIpc) is 2.03. The second-order valence-electron chi connectivity index (χ2n) is 1.98. The van der Waals surface area contributed by atoms with E-state index < -0.39 is 0 Å². The molecule has 1 rings (SSSR count). The molecule has 1 aromatic carbocycles. The standard InChI is InChI=1S/C7H6BrClN2O/c8-5-1-2-7(6(9)3-5)10-4-11-12/h1-4,12H,(H,10,11). The lowest BCUT2D eigenvalue weighted by atomic mass is 10.3. The van der Waals surface area contributed by atoms with Crippen LogP contribution in [0.25, 0.3) is 0 Å². The summed E-state index contributed by atoms with van der Waals surface area (Å²) in [7, 11) is 0. The molecule has 0 atom stereocenters. The Hall–Kier alpha value is -0.580. The first-order valence-electron chi connectivity index (χ1n) is 3.11. The van der Waals surface area contributed by atoms with Gasteiger partial charge in [0.25, 0.3) is 0 Å². The fraction of sp³-hybridized carbons (Fsp3) is 0. The third-order valence-corrected chi connectivity index (χ3v) is 1.97.